The Morgan fingerprint density at radius 3 is 2.50 bits per heavy atom. The quantitative estimate of drug-likeness (QED) is 0.433. The van der Waals surface area contributed by atoms with Gasteiger partial charge in [0, 0.05) is 11.3 Å². The second-order valence-corrected chi connectivity index (χ2v) is 8.54. The summed E-state index contributed by atoms with van der Waals surface area (Å²) in [6.07, 6.45) is 0.796. The number of carbonyl (C=O) groups is 1. The Bertz CT molecular complexity index is 1140. The number of benzene rings is 2. The number of aromatic nitrogens is 5. The lowest BCUT2D eigenvalue weighted by Gasteiger charge is -2.10. The summed E-state index contributed by atoms with van der Waals surface area (Å²) < 4.78 is 1.97. The third kappa shape index (κ3) is 4.58. The zero-order chi connectivity index (χ0) is 20.9. The highest BCUT2D eigenvalue weighted by Gasteiger charge is 2.17. The molecule has 1 amide bonds. The Labute approximate surface area is 182 Å². The minimum atomic E-state index is -0.154. The van der Waals surface area contributed by atoms with Crippen LogP contribution in [0.3, 0.4) is 0 Å². The lowest BCUT2D eigenvalue weighted by molar-refractivity contribution is -0.113. The zero-order valence-corrected chi connectivity index (χ0v) is 18.2. The van der Waals surface area contributed by atoms with Gasteiger partial charge in [0.2, 0.25) is 11.0 Å². The number of anilines is 1. The molecule has 30 heavy (non-hydrogen) atoms. The lowest BCUT2D eigenvalue weighted by atomic mass is 10.1. The Morgan fingerprint density at radius 1 is 1.03 bits per heavy atom. The maximum atomic E-state index is 12.4. The van der Waals surface area contributed by atoms with Gasteiger partial charge in [0.25, 0.3) is 0 Å². The standard InChI is InChI=1S/C21H20N6OS2/c1-3-18-23-25-20(30-18)22-17(28)13-29-21-26-24-19(15-11-9-14(2)10-12-15)27(21)16-7-5-4-6-8-16/h4-12H,3,13H2,1-2H3,(H,22,25,28). The summed E-state index contributed by atoms with van der Waals surface area (Å²) in [5, 5.41) is 21.6. The van der Waals surface area contributed by atoms with E-state index in [-0.39, 0.29) is 11.7 Å². The van der Waals surface area contributed by atoms with Crippen LogP contribution in [0.1, 0.15) is 17.5 Å². The fourth-order valence-electron chi connectivity index (χ4n) is 2.80. The molecule has 0 aliphatic rings. The molecule has 0 fully saturated rings. The summed E-state index contributed by atoms with van der Waals surface area (Å²) >= 11 is 2.72. The van der Waals surface area contributed by atoms with E-state index in [2.05, 4.69) is 25.7 Å². The average Bonchev–Trinajstić information content (AvgIpc) is 3.40. The van der Waals surface area contributed by atoms with Gasteiger partial charge in [0.1, 0.15) is 5.01 Å². The number of rotatable bonds is 7. The van der Waals surface area contributed by atoms with Gasteiger partial charge in [-0.15, -0.1) is 20.4 Å². The van der Waals surface area contributed by atoms with Crippen molar-refractivity contribution in [3.63, 3.8) is 0 Å². The van der Waals surface area contributed by atoms with Gasteiger partial charge >= 0.3 is 0 Å². The molecule has 152 valence electrons. The first-order chi connectivity index (χ1) is 14.6. The number of thioether (sulfide) groups is 1. The molecule has 0 radical (unpaired) electrons. The van der Waals surface area contributed by atoms with Crippen molar-refractivity contribution in [1.82, 2.24) is 25.0 Å². The second-order valence-electron chi connectivity index (χ2n) is 6.53. The fourth-order valence-corrected chi connectivity index (χ4v) is 4.24. The minimum absolute atomic E-state index is 0.154. The number of nitrogens with one attached hydrogen (secondary N) is 1. The van der Waals surface area contributed by atoms with Gasteiger partial charge in [-0.25, -0.2) is 0 Å². The van der Waals surface area contributed by atoms with Crippen LogP contribution in [0.5, 0.6) is 0 Å². The van der Waals surface area contributed by atoms with E-state index in [1.165, 1.54) is 28.7 Å². The summed E-state index contributed by atoms with van der Waals surface area (Å²) in [7, 11) is 0. The number of hydrogen-bond donors (Lipinski definition) is 1. The van der Waals surface area contributed by atoms with Crippen molar-refractivity contribution in [2.24, 2.45) is 0 Å². The summed E-state index contributed by atoms with van der Waals surface area (Å²) in [5.74, 6) is 0.777. The van der Waals surface area contributed by atoms with Crippen molar-refractivity contribution in [2.75, 3.05) is 11.1 Å². The van der Waals surface area contributed by atoms with Gasteiger partial charge in [0.05, 0.1) is 5.75 Å². The van der Waals surface area contributed by atoms with E-state index in [0.29, 0.717) is 10.3 Å². The van der Waals surface area contributed by atoms with Gasteiger partial charge in [-0.3, -0.25) is 14.7 Å². The van der Waals surface area contributed by atoms with Gasteiger partial charge in [-0.05, 0) is 25.5 Å². The Kier molecular flexibility index (Phi) is 6.20. The van der Waals surface area contributed by atoms with Crippen molar-refractivity contribution in [2.45, 2.75) is 25.4 Å². The van der Waals surface area contributed by atoms with E-state index in [0.717, 1.165) is 28.5 Å². The minimum Gasteiger partial charge on any atom is -0.300 e. The monoisotopic (exact) mass is 436 g/mol. The predicted molar refractivity (Wildman–Crippen MR) is 120 cm³/mol. The molecule has 4 aromatic rings. The third-order valence-corrected chi connectivity index (χ3v) is 6.22. The maximum Gasteiger partial charge on any atom is 0.236 e. The van der Waals surface area contributed by atoms with Crippen molar-refractivity contribution in [1.29, 1.82) is 0 Å². The number of para-hydroxylation sites is 1. The molecule has 2 aromatic heterocycles. The second kappa shape index (κ2) is 9.19. The molecule has 2 heterocycles. The molecular formula is C21H20N6OS2. The van der Waals surface area contributed by atoms with E-state index in [4.69, 9.17) is 0 Å². The van der Waals surface area contributed by atoms with E-state index in [9.17, 15) is 4.79 Å². The van der Waals surface area contributed by atoms with E-state index >= 15 is 0 Å². The van der Waals surface area contributed by atoms with Crippen LogP contribution in [0, 0.1) is 6.92 Å². The van der Waals surface area contributed by atoms with E-state index in [1.54, 1.807) is 0 Å². The highest BCUT2D eigenvalue weighted by Crippen LogP contribution is 2.28. The number of nitrogens with zero attached hydrogens (tertiary/aromatic N) is 5. The van der Waals surface area contributed by atoms with Crippen LogP contribution in [-0.2, 0) is 11.2 Å². The lowest BCUT2D eigenvalue weighted by Crippen LogP contribution is -2.14. The van der Waals surface area contributed by atoms with Crippen LogP contribution in [-0.4, -0.2) is 36.6 Å². The van der Waals surface area contributed by atoms with Gasteiger partial charge in [-0.1, -0.05) is 78.1 Å². The Balaban J connectivity index is 1.57. The summed E-state index contributed by atoms with van der Waals surface area (Å²) in [5.41, 5.74) is 3.09. The van der Waals surface area contributed by atoms with Crippen LogP contribution in [0.4, 0.5) is 5.13 Å². The molecule has 0 atom stereocenters. The number of amides is 1. The molecule has 0 aliphatic carbocycles. The van der Waals surface area contributed by atoms with Crippen molar-refractivity contribution < 1.29 is 4.79 Å². The number of carbonyl (C=O) groups excluding carboxylic acids is 1. The molecule has 7 nitrogen and oxygen atoms in total. The smallest absolute Gasteiger partial charge is 0.236 e. The first-order valence-electron chi connectivity index (χ1n) is 9.47. The van der Waals surface area contributed by atoms with Gasteiger partial charge in [-0.2, -0.15) is 0 Å². The molecule has 0 bridgehead atoms. The Hall–Kier alpha value is -3.04. The molecule has 0 aliphatic heterocycles. The van der Waals surface area contributed by atoms with E-state index in [1.807, 2.05) is 73.0 Å². The van der Waals surface area contributed by atoms with Crippen LogP contribution in [0.25, 0.3) is 17.1 Å². The first-order valence-corrected chi connectivity index (χ1v) is 11.3. The van der Waals surface area contributed by atoms with Crippen LogP contribution in [0.15, 0.2) is 59.8 Å². The molecule has 0 unspecified atom stereocenters. The van der Waals surface area contributed by atoms with Gasteiger partial charge < -0.3 is 0 Å². The number of aryl methyl sites for hydroxylation is 2. The maximum absolute atomic E-state index is 12.4. The van der Waals surface area contributed by atoms with Gasteiger partial charge in [0.15, 0.2) is 11.0 Å². The summed E-state index contributed by atoms with van der Waals surface area (Å²) in [6.45, 7) is 4.05. The molecule has 2 aromatic carbocycles. The molecule has 1 N–H and O–H groups in total. The van der Waals surface area contributed by atoms with Crippen molar-refractivity contribution in [3.05, 3.63) is 65.2 Å². The largest absolute Gasteiger partial charge is 0.300 e. The third-order valence-electron chi connectivity index (χ3n) is 4.31. The molecule has 0 saturated carbocycles. The fraction of sp³-hybridized carbons (Fsp3) is 0.190. The number of hydrogen-bond acceptors (Lipinski definition) is 7. The highest BCUT2D eigenvalue weighted by molar-refractivity contribution is 7.99. The topological polar surface area (TPSA) is 85.6 Å². The van der Waals surface area contributed by atoms with Crippen LogP contribution in [0.2, 0.25) is 0 Å². The van der Waals surface area contributed by atoms with Crippen LogP contribution >= 0.6 is 23.1 Å². The Morgan fingerprint density at radius 2 is 1.80 bits per heavy atom. The summed E-state index contributed by atoms with van der Waals surface area (Å²) in [4.78, 5) is 12.4. The SMILES string of the molecule is CCc1nnc(NC(=O)CSc2nnc(-c3ccc(C)cc3)n2-c2ccccc2)s1. The highest BCUT2D eigenvalue weighted by atomic mass is 32.2. The molecule has 9 heteroatoms. The molecule has 4 rings (SSSR count). The predicted octanol–water partition coefficient (Wildman–Crippen LogP) is 4.39. The normalized spacial score (nSPS) is 10.9. The van der Waals surface area contributed by atoms with Crippen molar-refractivity contribution >= 4 is 34.1 Å². The molecule has 0 spiro atoms. The van der Waals surface area contributed by atoms with Crippen molar-refractivity contribution in [3.8, 4) is 17.1 Å². The molecular weight excluding hydrogens is 416 g/mol. The zero-order valence-electron chi connectivity index (χ0n) is 16.6. The average molecular weight is 437 g/mol. The van der Waals surface area contributed by atoms with Crippen LogP contribution < -0.4 is 5.32 Å². The summed E-state index contributed by atoms with van der Waals surface area (Å²) in [6, 6.07) is 18.1. The molecule has 0 saturated heterocycles. The van der Waals surface area contributed by atoms with E-state index < -0.39 is 0 Å². The first kappa shape index (κ1) is 20.2.